The lowest BCUT2D eigenvalue weighted by atomic mass is 10.0. The number of rotatable bonds is 3. The molecule has 6 rings (SSSR count). The van der Waals surface area contributed by atoms with Gasteiger partial charge in [-0.1, -0.05) is 81.2 Å². The molecule has 36 heavy (non-hydrogen) atoms. The minimum absolute atomic E-state index is 0.0922. The molecule has 0 aliphatic carbocycles. The van der Waals surface area contributed by atoms with Gasteiger partial charge < -0.3 is 0 Å². The Kier molecular flexibility index (Phi) is 7.10. The van der Waals surface area contributed by atoms with Gasteiger partial charge >= 0.3 is 0 Å². The molecule has 2 aliphatic heterocycles. The molecule has 4 aromatic carbocycles. The fourth-order valence-electron chi connectivity index (χ4n) is 4.77. The minimum atomic E-state index is -1.26. The van der Waals surface area contributed by atoms with Crippen LogP contribution in [0.1, 0.15) is 32.8 Å². The third kappa shape index (κ3) is 4.61. The van der Waals surface area contributed by atoms with E-state index in [1.165, 1.54) is 0 Å². The van der Waals surface area contributed by atoms with Crippen molar-refractivity contribution in [3.8, 4) is 0 Å². The third-order valence-electron chi connectivity index (χ3n) is 6.47. The summed E-state index contributed by atoms with van der Waals surface area (Å²) in [5.41, 5.74) is 4.23. The van der Waals surface area contributed by atoms with Gasteiger partial charge in [-0.2, -0.15) is 0 Å². The Bertz CT molecular complexity index is 1420. The van der Waals surface area contributed by atoms with Gasteiger partial charge in [0.05, 0.1) is 21.6 Å². The highest BCUT2D eigenvalue weighted by Gasteiger charge is 2.31. The summed E-state index contributed by atoms with van der Waals surface area (Å²) in [6.07, 6.45) is 1.47. The van der Waals surface area contributed by atoms with Crippen LogP contribution in [-0.4, -0.2) is 8.42 Å². The molecule has 0 fully saturated rings. The zero-order valence-corrected chi connectivity index (χ0v) is 23.6. The molecule has 2 heterocycles. The van der Waals surface area contributed by atoms with Gasteiger partial charge in [-0.25, -0.2) is 8.42 Å². The van der Waals surface area contributed by atoms with Crippen molar-refractivity contribution in [2.45, 2.75) is 42.9 Å². The van der Waals surface area contributed by atoms with E-state index in [0.717, 1.165) is 54.7 Å². The van der Waals surface area contributed by atoms with Crippen LogP contribution in [0.5, 0.6) is 0 Å². The van der Waals surface area contributed by atoms with Crippen molar-refractivity contribution in [2.24, 2.45) is 0 Å². The Labute approximate surface area is 233 Å². The van der Waals surface area contributed by atoms with Crippen LogP contribution in [0.4, 0.5) is 0 Å². The molecule has 4 aromatic rings. The Balaban J connectivity index is 1.38. The van der Waals surface area contributed by atoms with Gasteiger partial charge in [-0.05, 0) is 83.6 Å². The van der Waals surface area contributed by atoms with Crippen LogP contribution in [0.2, 0.25) is 10.0 Å². The van der Waals surface area contributed by atoms with Gasteiger partial charge in [-0.3, -0.25) is 0 Å². The van der Waals surface area contributed by atoms with E-state index >= 15 is 0 Å². The first-order valence-electron chi connectivity index (χ1n) is 11.4. The predicted molar refractivity (Wildman–Crippen MR) is 153 cm³/mol. The standard InChI is InChI=1S/C28H20Cl2O2S4/c29-19-9-11-25-17(13-19)15-23(21-5-1-3-7-27(21)35(25)31)33-34-24-16-18-14-20(30)10-12-26(18)36(32)28-8-4-2-6-22(24)28/h1-14,23-24H,15-16H2/t23-,24+,35-,36-/m1/s1. The quantitative estimate of drug-likeness (QED) is 0.225. The molecule has 2 aliphatic rings. The largest absolute Gasteiger partial charge is 0.249 e. The molecule has 0 saturated heterocycles. The van der Waals surface area contributed by atoms with Gasteiger partial charge in [0, 0.05) is 40.1 Å². The Morgan fingerprint density at radius 2 is 1.00 bits per heavy atom. The maximum Gasteiger partial charge on any atom is 0.0855 e. The van der Waals surface area contributed by atoms with Gasteiger partial charge in [0.15, 0.2) is 0 Å². The summed E-state index contributed by atoms with van der Waals surface area (Å²) in [7, 11) is 1.07. The summed E-state index contributed by atoms with van der Waals surface area (Å²) < 4.78 is 27.0. The van der Waals surface area contributed by atoms with Gasteiger partial charge in [0.2, 0.25) is 0 Å². The molecular weight excluding hydrogens is 567 g/mol. The normalized spacial score (nSPS) is 22.4. The van der Waals surface area contributed by atoms with E-state index in [0.29, 0.717) is 10.0 Å². The molecule has 2 nitrogen and oxygen atoms in total. The summed E-state index contributed by atoms with van der Waals surface area (Å²) in [5.74, 6) is 0. The molecule has 0 spiro atoms. The predicted octanol–water partition coefficient (Wildman–Crippen LogP) is 8.60. The van der Waals surface area contributed by atoms with Crippen molar-refractivity contribution in [1.82, 2.24) is 0 Å². The zero-order chi connectivity index (χ0) is 24.8. The van der Waals surface area contributed by atoms with Gasteiger partial charge in [0.25, 0.3) is 0 Å². The molecule has 4 atom stereocenters. The van der Waals surface area contributed by atoms with E-state index in [9.17, 15) is 8.42 Å². The highest BCUT2D eigenvalue weighted by atomic mass is 35.5. The van der Waals surface area contributed by atoms with Crippen molar-refractivity contribution in [3.05, 3.63) is 117 Å². The maximum atomic E-state index is 13.5. The third-order valence-corrected chi connectivity index (χ3v) is 13.2. The van der Waals surface area contributed by atoms with Crippen molar-refractivity contribution >= 4 is 66.4 Å². The first kappa shape index (κ1) is 24.8. The van der Waals surface area contributed by atoms with Crippen molar-refractivity contribution < 1.29 is 8.42 Å². The average Bonchev–Trinajstić information content (AvgIpc) is 3.08. The van der Waals surface area contributed by atoms with Gasteiger partial charge in [-0.15, -0.1) is 0 Å². The van der Waals surface area contributed by atoms with E-state index in [1.54, 1.807) is 21.6 Å². The first-order valence-corrected chi connectivity index (χ1v) is 16.7. The Hall–Kier alpha value is -1.54. The van der Waals surface area contributed by atoms with Gasteiger partial charge in [0.1, 0.15) is 0 Å². The summed E-state index contributed by atoms with van der Waals surface area (Å²) in [5, 5.41) is 1.49. The molecule has 0 aromatic heterocycles. The molecule has 0 saturated carbocycles. The molecular formula is C28H20Cl2O2S4. The summed E-state index contributed by atoms with van der Waals surface area (Å²) in [4.78, 5) is 3.38. The number of hydrogen-bond acceptors (Lipinski definition) is 4. The van der Waals surface area contributed by atoms with Crippen LogP contribution in [0.15, 0.2) is 105 Å². The number of hydrogen-bond donors (Lipinski definition) is 0. The van der Waals surface area contributed by atoms with Crippen LogP contribution in [-0.2, 0) is 34.4 Å². The summed E-state index contributed by atoms with van der Waals surface area (Å²) >= 11 is 12.7. The van der Waals surface area contributed by atoms with E-state index < -0.39 is 21.6 Å². The van der Waals surface area contributed by atoms with E-state index in [4.69, 9.17) is 23.2 Å². The molecule has 0 bridgehead atoms. The monoisotopic (exact) mass is 586 g/mol. The molecule has 0 radical (unpaired) electrons. The van der Waals surface area contributed by atoms with E-state index in [1.807, 2.05) is 72.8 Å². The lowest BCUT2D eigenvalue weighted by Gasteiger charge is -2.21. The average molecular weight is 588 g/mol. The lowest BCUT2D eigenvalue weighted by Crippen LogP contribution is -2.02. The minimum Gasteiger partial charge on any atom is -0.249 e. The van der Waals surface area contributed by atoms with Crippen LogP contribution in [0, 0.1) is 0 Å². The second kappa shape index (κ2) is 10.3. The molecule has 182 valence electrons. The maximum absolute atomic E-state index is 13.5. The van der Waals surface area contributed by atoms with Crippen molar-refractivity contribution in [1.29, 1.82) is 0 Å². The number of halogens is 2. The lowest BCUT2D eigenvalue weighted by molar-refractivity contribution is 0.682. The Morgan fingerprint density at radius 1 is 0.583 bits per heavy atom. The fourth-order valence-corrected chi connectivity index (χ4v) is 11.4. The molecule has 8 heteroatoms. The fraction of sp³-hybridized carbons (Fsp3) is 0.143. The zero-order valence-electron chi connectivity index (χ0n) is 18.9. The highest BCUT2D eigenvalue weighted by molar-refractivity contribution is 8.76. The van der Waals surface area contributed by atoms with E-state index in [-0.39, 0.29) is 10.5 Å². The second-order valence-electron chi connectivity index (χ2n) is 8.70. The summed E-state index contributed by atoms with van der Waals surface area (Å²) in [6, 6.07) is 27.3. The number of fused-ring (bicyclic) bond motifs is 4. The topological polar surface area (TPSA) is 34.1 Å². The number of benzene rings is 4. The van der Waals surface area contributed by atoms with Crippen molar-refractivity contribution in [3.63, 3.8) is 0 Å². The van der Waals surface area contributed by atoms with Crippen LogP contribution in [0.25, 0.3) is 0 Å². The smallest absolute Gasteiger partial charge is 0.0855 e. The SMILES string of the molecule is O=[S@@]1c2ccc(Cl)cc2C[C@H](SS[C@@H]2Cc3cc(Cl)ccc3[S@@](=O)c3ccccc32)c2ccccc21. The molecule has 0 unspecified atom stereocenters. The molecule has 0 amide bonds. The first-order chi connectivity index (χ1) is 17.5. The second-order valence-corrected chi connectivity index (χ2v) is 15.1. The van der Waals surface area contributed by atoms with Crippen LogP contribution < -0.4 is 0 Å². The summed E-state index contributed by atoms with van der Waals surface area (Å²) in [6.45, 7) is 0. The van der Waals surface area contributed by atoms with E-state index in [2.05, 4.69) is 12.1 Å². The highest BCUT2D eigenvalue weighted by Crippen LogP contribution is 2.53. The molecule has 0 N–H and O–H groups in total. The van der Waals surface area contributed by atoms with Crippen molar-refractivity contribution in [2.75, 3.05) is 0 Å². The van der Waals surface area contributed by atoms with Crippen LogP contribution in [0.3, 0.4) is 0 Å². The van der Waals surface area contributed by atoms with Crippen LogP contribution >= 0.6 is 44.8 Å². The Morgan fingerprint density at radius 3 is 1.44 bits per heavy atom.